The largest absolute Gasteiger partial charge is 0.304 e. The second kappa shape index (κ2) is 16.4. The Kier molecular flexibility index (Phi) is 15.2. The van der Waals surface area contributed by atoms with E-state index in [1.807, 2.05) is 19.3 Å². The maximum absolute atomic E-state index is 4.65. The van der Waals surface area contributed by atoms with Crippen molar-refractivity contribution < 1.29 is 0 Å². The fraction of sp³-hybridized carbons (Fsp3) is 0.517. The van der Waals surface area contributed by atoms with E-state index in [2.05, 4.69) is 102 Å². The van der Waals surface area contributed by atoms with Crippen molar-refractivity contribution in [3.63, 3.8) is 0 Å². The van der Waals surface area contributed by atoms with Gasteiger partial charge in [0.15, 0.2) is 0 Å². The molecular formula is C29H47N3. The Bertz CT molecular complexity index is 819. The number of rotatable bonds is 8. The third kappa shape index (κ3) is 8.35. The molecule has 0 aliphatic rings. The van der Waals surface area contributed by atoms with Gasteiger partial charge in [0.2, 0.25) is 0 Å². The first-order chi connectivity index (χ1) is 15.4. The molecule has 1 atom stereocenters. The first-order valence-corrected chi connectivity index (χ1v) is 12.1. The molecule has 1 aromatic heterocycles. The topological polar surface area (TPSA) is 28.5 Å². The molecule has 0 aliphatic heterocycles. The van der Waals surface area contributed by atoms with Crippen LogP contribution in [0.4, 0.5) is 0 Å². The lowest BCUT2D eigenvalue weighted by Crippen LogP contribution is -2.23. The Labute approximate surface area is 198 Å². The summed E-state index contributed by atoms with van der Waals surface area (Å²) in [6, 6.07) is 8.52. The SMILES string of the molecule is C=C.CCC(C)c1ncccc1C(=NC)c1c(C)ccc(C)c1C.CCCN(CC)CC. The summed E-state index contributed by atoms with van der Waals surface area (Å²) in [5.41, 5.74) is 8.49. The van der Waals surface area contributed by atoms with Crippen LogP contribution in [-0.2, 0) is 0 Å². The summed E-state index contributed by atoms with van der Waals surface area (Å²) < 4.78 is 0. The Balaban J connectivity index is 0.000000814. The monoisotopic (exact) mass is 437 g/mol. The molecular weight excluding hydrogens is 390 g/mol. The molecule has 0 N–H and O–H groups in total. The van der Waals surface area contributed by atoms with E-state index in [9.17, 15) is 0 Å². The molecule has 0 amide bonds. The summed E-state index contributed by atoms with van der Waals surface area (Å²) in [4.78, 5) is 11.7. The molecule has 0 aliphatic carbocycles. The average molecular weight is 438 g/mol. The summed E-state index contributed by atoms with van der Waals surface area (Å²) in [5, 5.41) is 0. The van der Waals surface area contributed by atoms with E-state index in [-0.39, 0.29) is 0 Å². The Morgan fingerprint density at radius 2 is 1.59 bits per heavy atom. The predicted octanol–water partition coefficient (Wildman–Crippen LogP) is 7.53. The van der Waals surface area contributed by atoms with Crippen molar-refractivity contribution in [2.75, 3.05) is 26.7 Å². The van der Waals surface area contributed by atoms with Crippen LogP contribution in [0, 0.1) is 20.8 Å². The molecule has 1 aromatic carbocycles. The molecule has 0 fully saturated rings. The van der Waals surface area contributed by atoms with Gasteiger partial charge < -0.3 is 4.90 Å². The lowest BCUT2D eigenvalue weighted by atomic mass is 9.88. The molecule has 32 heavy (non-hydrogen) atoms. The normalized spacial score (nSPS) is 11.9. The predicted molar refractivity (Wildman–Crippen MR) is 144 cm³/mol. The van der Waals surface area contributed by atoms with Crippen molar-refractivity contribution in [1.82, 2.24) is 9.88 Å². The molecule has 0 saturated heterocycles. The highest BCUT2D eigenvalue weighted by molar-refractivity contribution is 6.15. The molecule has 3 nitrogen and oxygen atoms in total. The molecule has 3 heteroatoms. The molecule has 0 bridgehead atoms. The Morgan fingerprint density at radius 1 is 1.00 bits per heavy atom. The second-order valence-corrected chi connectivity index (χ2v) is 8.04. The van der Waals surface area contributed by atoms with Crippen molar-refractivity contribution in [3.8, 4) is 0 Å². The zero-order valence-corrected chi connectivity index (χ0v) is 22.3. The minimum Gasteiger partial charge on any atom is -0.304 e. The number of nitrogens with zero attached hydrogens (tertiary/aromatic N) is 3. The van der Waals surface area contributed by atoms with Crippen molar-refractivity contribution >= 4 is 5.71 Å². The zero-order chi connectivity index (χ0) is 24.7. The average Bonchev–Trinajstić information content (AvgIpc) is 2.84. The molecule has 2 aromatic rings. The van der Waals surface area contributed by atoms with Gasteiger partial charge in [0.25, 0.3) is 0 Å². The number of aryl methyl sites for hydroxylation is 2. The van der Waals surface area contributed by atoms with Gasteiger partial charge in [0, 0.05) is 24.4 Å². The van der Waals surface area contributed by atoms with Crippen LogP contribution in [0.3, 0.4) is 0 Å². The van der Waals surface area contributed by atoms with E-state index in [1.54, 1.807) is 0 Å². The fourth-order valence-corrected chi connectivity index (χ4v) is 3.74. The maximum Gasteiger partial charge on any atom is 0.0739 e. The van der Waals surface area contributed by atoms with Crippen LogP contribution in [0.5, 0.6) is 0 Å². The third-order valence-corrected chi connectivity index (χ3v) is 6.01. The lowest BCUT2D eigenvalue weighted by Gasteiger charge is -2.19. The second-order valence-electron chi connectivity index (χ2n) is 8.04. The third-order valence-electron chi connectivity index (χ3n) is 6.01. The minimum absolute atomic E-state index is 0.429. The van der Waals surface area contributed by atoms with Crippen molar-refractivity contribution in [2.45, 2.75) is 74.1 Å². The fourth-order valence-electron chi connectivity index (χ4n) is 3.74. The highest BCUT2D eigenvalue weighted by atomic mass is 15.1. The van der Waals surface area contributed by atoms with Crippen LogP contribution >= 0.6 is 0 Å². The van der Waals surface area contributed by atoms with E-state index in [4.69, 9.17) is 0 Å². The van der Waals surface area contributed by atoms with Crippen molar-refractivity contribution in [3.05, 3.63) is 77.1 Å². The maximum atomic E-state index is 4.65. The summed E-state index contributed by atoms with van der Waals surface area (Å²) >= 11 is 0. The van der Waals surface area contributed by atoms with Crippen LogP contribution in [0.25, 0.3) is 0 Å². The summed E-state index contributed by atoms with van der Waals surface area (Å²) in [6.45, 7) is 27.2. The van der Waals surface area contributed by atoms with Gasteiger partial charge in [-0.15, -0.1) is 13.2 Å². The van der Waals surface area contributed by atoms with Crippen LogP contribution in [0.2, 0.25) is 0 Å². The van der Waals surface area contributed by atoms with E-state index in [0.717, 1.165) is 23.4 Å². The first-order valence-electron chi connectivity index (χ1n) is 12.1. The van der Waals surface area contributed by atoms with E-state index in [0.29, 0.717) is 5.92 Å². The van der Waals surface area contributed by atoms with Gasteiger partial charge in [-0.05, 0) is 88.0 Å². The standard InChI is InChI=1S/C20H26N2.C7H17N.C2H4/c1-7-13(2)19-17(9-8-12-22-19)20(21-6)18-15(4)11-10-14(3)16(18)5;1-4-7-8(5-2)6-3;1-2/h8-13H,7H2,1-6H3;4-7H2,1-3H3;1-2H2. The number of pyridine rings is 1. The van der Waals surface area contributed by atoms with E-state index < -0.39 is 0 Å². The van der Waals surface area contributed by atoms with Gasteiger partial charge in [0.1, 0.15) is 0 Å². The van der Waals surface area contributed by atoms with Crippen LogP contribution in [0.15, 0.2) is 48.6 Å². The number of hydrogen-bond acceptors (Lipinski definition) is 3. The van der Waals surface area contributed by atoms with Crippen LogP contribution in [-0.4, -0.2) is 42.3 Å². The zero-order valence-electron chi connectivity index (χ0n) is 22.3. The van der Waals surface area contributed by atoms with Gasteiger partial charge in [-0.3, -0.25) is 9.98 Å². The van der Waals surface area contributed by atoms with Gasteiger partial charge >= 0.3 is 0 Å². The molecule has 0 saturated carbocycles. The lowest BCUT2D eigenvalue weighted by molar-refractivity contribution is 0.304. The highest BCUT2D eigenvalue weighted by Gasteiger charge is 2.19. The smallest absolute Gasteiger partial charge is 0.0739 e. The molecule has 0 spiro atoms. The number of benzene rings is 1. The summed E-state index contributed by atoms with van der Waals surface area (Å²) in [7, 11) is 1.88. The van der Waals surface area contributed by atoms with Crippen LogP contribution < -0.4 is 0 Å². The molecule has 178 valence electrons. The quantitative estimate of drug-likeness (QED) is 0.315. The van der Waals surface area contributed by atoms with Gasteiger partial charge in [-0.2, -0.15) is 0 Å². The molecule has 2 rings (SSSR count). The molecule has 0 radical (unpaired) electrons. The van der Waals surface area contributed by atoms with E-state index >= 15 is 0 Å². The van der Waals surface area contributed by atoms with Crippen molar-refractivity contribution in [2.24, 2.45) is 4.99 Å². The van der Waals surface area contributed by atoms with Gasteiger partial charge in [0.05, 0.1) is 11.4 Å². The number of aliphatic imine (C=N–C) groups is 1. The molecule has 1 heterocycles. The van der Waals surface area contributed by atoms with Crippen LogP contribution in [0.1, 0.15) is 86.9 Å². The van der Waals surface area contributed by atoms with Crippen molar-refractivity contribution in [1.29, 1.82) is 0 Å². The number of hydrogen-bond donors (Lipinski definition) is 0. The Morgan fingerprint density at radius 3 is 2.06 bits per heavy atom. The van der Waals surface area contributed by atoms with Gasteiger partial charge in [-0.25, -0.2) is 0 Å². The first kappa shape index (κ1) is 29.7. The minimum atomic E-state index is 0.429. The highest BCUT2D eigenvalue weighted by Crippen LogP contribution is 2.27. The number of aromatic nitrogens is 1. The van der Waals surface area contributed by atoms with Gasteiger partial charge in [-0.1, -0.05) is 46.8 Å². The van der Waals surface area contributed by atoms with E-state index in [1.165, 1.54) is 48.3 Å². The summed E-state index contributed by atoms with van der Waals surface area (Å²) in [5.74, 6) is 0.429. The molecule has 1 unspecified atom stereocenters. The Hall–Kier alpha value is -2.26. The summed E-state index contributed by atoms with van der Waals surface area (Å²) in [6.07, 6.45) is 4.24.